The molecule has 16 heteroatoms. The van der Waals surface area contributed by atoms with Crippen LogP contribution in [0.1, 0.15) is 37.0 Å². The normalized spacial score (nSPS) is 25.4. The van der Waals surface area contributed by atoms with Gasteiger partial charge in [0.15, 0.2) is 0 Å². The summed E-state index contributed by atoms with van der Waals surface area (Å²) in [6.07, 6.45) is -0.0326. The van der Waals surface area contributed by atoms with Crippen molar-refractivity contribution in [2.24, 2.45) is 27.9 Å². The van der Waals surface area contributed by atoms with Crippen LogP contribution in [0.15, 0.2) is 33.3 Å². The van der Waals surface area contributed by atoms with Gasteiger partial charge in [0, 0.05) is 43.4 Å². The van der Waals surface area contributed by atoms with Gasteiger partial charge in [-0.05, 0) is 68.7 Å². The predicted molar refractivity (Wildman–Crippen MR) is 156 cm³/mol. The Morgan fingerprint density at radius 2 is 1.79 bits per heavy atom. The number of Topliss-reactive ketones (excluding diaryl/α,β-unsaturated/α-hetero) is 2. The highest BCUT2D eigenvalue weighted by atomic mass is 32.2. The lowest BCUT2D eigenvalue weighted by Crippen LogP contribution is -2.65. The van der Waals surface area contributed by atoms with Gasteiger partial charge in [-0.2, -0.15) is 0 Å². The lowest BCUT2D eigenvalue weighted by molar-refractivity contribution is -0.138. The number of sulfonamides is 1. The molecule has 1 fully saturated rings. The smallest absolute Gasteiger partial charge is 0.254 e. The second-order valence-corrected chi connectivity index (χ2v) is 14.0. The lowest BCUT2D eigenvalue weighted by atomic mass is 9.55. The minimum atomic E-state index is -3.74. The molecule has 0 bridgehead atoms. The van der Waals surface area contributed by atoms with Crippen molar-refractivity contribution < 1.29 is 33.0 Å². The van der Waals surface area contributed by atoms with Crippen LogP contribution < -0.4 is 15.4 Å². The molecule has 0 unspecified atom stereocenters. The molecule has 5 N–H and O–H groups in total. The van der Waals surface area contributed by atoms with Gasteiger partial charge in [-0.25, -0.2) is 13.1 Å². The lowest BCUT2D eigenvalue weighted by Gasteiger charge is -2.49. The van der Waals surface area contributed by atoms with E-state index in [1.54, 1.807) is 25.1 Å². The van der Waals surface area contributed by atoms with Crippen molar-refractivity contribution in [2.45, 2.75) is 50.1 Å². The summed E-state index contributed by atoms with van der Waals surface area (Å²) in [5.74, 6) is -7.14. The zero-order chi connectivity index (χ0) is 32.3. The van der Waals surface area contributed by atoms with E-state index in [2.05, 4.69) is 15.1 Å². The Balaban J connectivity index is 1.98. The molecule has 0 aliphatic heterocycles. The molecule has 1 aromatic carbocycles. The number of amides is 1. The van der Waals surface area contributed by atoms with E-state index in [0.29, 0.717) is 11.3 Å². The highest BCUT2D eigenvalue weighted by Gasteiger charge is 2.67. The molecule has 4 atom stereocenters. The molecule has 15 nitrogen and oxygen atoms in total. The first-order chi connectivity index (χ1) is 20.0. The number of fused-ring (bicyclic) bond motifs is 3. The second-order valence-electron chi connectivity index (χ2n) is 11.7. The topological polar surface area (TPSA) is 229 Å². The molecule has 0 spiro atoms. The Bertz CT molecular complexity index is 1630. The van der Waals surface area contributed by atoms with Gasteiger partial charge in [0.25, 0.3) is 5.91 Å². The number of nitroso groups, excluding NO2 is 2. The number of likely N-dealkylation sites (N-methyl/N-ethyl adjacent to an activating group) is 1. The summed E-state index contributed by atoms with van der Waals surface area (Å²) >= 11 is 0. The summed E-state index contributed by atoms with van der Waals surface area (Å²) in [4.78, 5) is 67.9. The molecule has 1 aromatic rings. The van der Waals surface area contributed by atoms with Crippen molar-refractivity contribution in [1.82, 2.24) is 9.62 Å². The van der Waals surface area contributed by atoms with Crippen LogP contribution >= 0.6 is 0 Å². The predicted octanol–water partition coefficient (Wildman–Crippen LogP) is 0.840. The zero-order valence-corrected chi connectivity index (χ0v) is 25.4. The van der Waals surface area contributed by atoms with Crippen LogP contribution in [0.5, 0.6) is 5.75 Å². The van der Waals surface area contributed by atoms with E-state index in [9.17, 15) is 42.8 Å². The molecule has 4 rings (SSSR count). The van der Waals surface area contributed by atoms with Gasteiger partial charge in [-0.1, -0.05) is 0 Å². The van der Waals surface area contributed by atoms with E-state index in [1.165, 1.54) is 32.8 Å². The van der Waals surface area contributed by atoms with Crippen LogP contribution in [0.3, 0.4) is 0 Å². The number of phenols is 1. The maximum Gasteiger partial charge on any atom is 0.254 e. The van der Waals surface area contributed by atoms with Crippen LogP contribution in [0.4, 0.5) is 5.69 Å². The molecule has 0 heterocycles. The van der Waals surface area contributed by atoms with Gasteiger partial charge in [-0.15, -0.1) is 9.81 Å². The fraction of sp³-hybridized carbons (Fsp3) is 0.519. The molecule has 0 saturated heterocycles. The number of nitrogens with two attached hydrogens (primary N) is 1. The van der Waals surface area contributed by atoms with Gasteiger partial charge in [0.2, 0.25) is 27.1 Å². The van der Waals surface area contributed by atoms with Crippen molar-refractivity contribution in [3.63, 3.8) is 0 Å². The van der Waals surface area contributed by atoms with E-state index >= 15 is 0 Å². The SMILES string of the molecule is CC(C)S(=O)(=O)NCc1cc(N(C)C)c2c(c1O)C(O)=C1C(=O)[C@]3(N=O)C(=O)C(C(N)=O)=C(N=O)[C@@H](N(C)C)[C@@H]3C[C@@H]1C2. The van der Waals surface area contributed by atoms with E-state index in [4.69, 9.17) is 5.73 Å². The molecule has 0 aromatic heterocycles. The summed E-state index contributed by atoms with van der Waals surface area (Å²) in [5.41, 5.74) is 1.81. The van der Waals surface area contributed by atoms with Crippen molar-refractivity contribution in [3.05, 3.63) is 49.4 Å². The fourth-order valence-corrected chi connectivity index (χ4v) is 7.17. The van der Waals surface area contributed by atoms with Crippen molar-refractivity contribution in [1.29, 1.82) is 0 Å². The van der Waals surface area contributed by atoms with Gasteiger partial charge >= 0.3 is 0 Å². The molecule has 1 amide bonds. The molecule has 232 valence electrons. The largest absolute Gasteiger partial charge is 0.507 e. The Morgan fingerprint density at radius 3 is 2.28 bits per heavy atom. The molecule has 3 aliphatic rings. The zero-order valence-electron chi connectivity index (χ0n) is 24.5. The number of anilines is 1. The summed E-state index contributed by atoms with van der Waals surface area (Å²) in [6, 6.07) is 0.405. The van der Waals surface area contributed by atoms with Gasteiger partial charge in [-0.3, -0.25) is 14.4 Å². The highest BCUT2D eigenvalue weighted by Crippen LogP contribution is 2.55. The first-order valence-corrected chi connectivity index (χ1v) is 15.0. The Hall–Kier alpha value is -4.02. The number of aliphatic hydroxyl groups is 1. The summed E-state index contributed by atoms with van der Waals surface area (Å²) in [5, 5.41) is 28.0. The van der Waals surface area contributed by atoms with Gasteiger partial charge in [0.05, 0.1) is 16.9 Å². The summed E-state index contributed by atoms with van der Waals surface area (Å²) in [7, 11) is 2.71. The van der Waals surface area contributed by atoms with Gasteiger partial charge in [0.1, 0.15) is 22.8 Å². The third-order valence-electron chi connectivity index (χ3n) is 8.58. The van der Waals surface area contributed by atoms with E-state index in [1.807, 2.05) is 0 Å². The Kier molecular flexibility index (Phi) is 8.10. The number of primary amides is 1. The van der Waals surface area contributed by atoms with E-state index in [0.717, 1.165) is 0 Å². The Morgan fingerprint density at radius 1 is 1.16 bits per heavy atom. The number of rotatable bonds is 9. The van der Waals surface area contributed by atoms with Crippen LogP contribution in [-0.4, -0.2) is 86.0 Å². The molecule has 3 aliphatic carbocycles. The third kappa shape index (κ3) is 4.64. The third-order valence-corrected chi connectivity index (χ3v) is 10.4. The number of nitrogens with zero attached hydrogens (tertiary/aromatic N) is 4. The maximum atomic E-state index is 14.2. The number of ketones is 2. The van der Waals surface area contributed by atoms with E-state index < -0.39 is 78.9 Å². The van der Waals surface area contributed by atoms with Crippen LogP contribution in [0.25, 0.3) is 5.76 Å². The number of hydrogen-bond acceptors (Lipinski definition) is 13. The van der Waals surface area contributed by atoms with Crippen LogP contribution in [0, 0.1) is 21.6 Å². The number of carbonyl (C=O) groups excluding carboxylic acids is 3. The molecular weight excluding hydrogens is 584 g/mol. The fourth-order valence-electron chi connectivity index (χ4n) is 6.48. The molecule has 0 radical (unpaired) electrons. The quantitative estimate of drug-likeness (QED) is 0.172. The molecular formula is C27H34N6O9S. The first-order valence-electron chi connectivity index (χ1n) is 13.4. The Labute approximate surface area is 247 Å². The number of aromatic hydroxyl groups is 1. The van der Waals surface area contributed by atoms with Crippen molar-refractivity contribution in [2.75, 3.05) is 33.1 Å². The van der Waals surface area contributed by atoms with Crippen LogP contribution in [0.2, 0.25) is 0 Å². The number of nitrogens with one attached hydrogen (secondary N) is 1. The monoisotopic (exact) mass is 618 g/mol. The average molecular weight is 619 g/mol. The standard InChI is InChI=1S/C27H34N6O9S/c1-11(2)43(41,42)29-10-13-9-16(32(3)4)14-7-12-8-15-21(33(5)6)20(30-39)19(26(28)38)25(37)27(15,31-40)24(36)17(12)23(35)18(14)22(13)34/h9,11-12,15,21,29,34-35H,7-8,10H2,1-6H3,(H2,28,38)/t12-,15-,21-,27-/m0/s1. The first kappa shape index (κ1) is 31.9. The number of benzene rings is 1. The number of carbonyl (C=O) groups is 3. The summed E-state index contributed by atoms with van der Waals surface area (Å²) in [6.45, 7) is 2.63. The summed E-state index contributed by atoms with van der Waals surface area (Å²) < 4.78 is 27.2. The van der Waals surface area contributed by atoms with Crippen molar-refractivity contribution in [3.8, 4) is 5.75 Å². The number of aliphatic hydroxyl groups excluding tert-OH is 1. The molecule has 43 heavy (non-hydrogen) atoms. The van der Waals surface area contributed by atoms with Crippen molar-refractivity contribution >= 4 is 38.9 Å². The maximum absolute atomic E-state index is 14.2. The van der Waals surface area contributed by atoms with E-state index in [-0.39, 0.29) is 36.1 Å². The minimum absolute atomic E-state index is 0.0650. The van der Waals surface area contributed by atoms with Gasteiger partial charge < -0.3 is 25.7 Å². The average Bonchev–Trinajstić information content (AvgIpc) is 2.91. The minimum Gasteiger partial charge on any atom is -0.507 e. The molecule has 1 saturated carbocycles. The number of phenolic OH excluding ortho intramolecular Hbond substituents is 1. The highest BCUT2D eigenvalue weighted by molar-refractivity contribution is 7.90. The number of hydrogen-bond donors (Lipinski definition) is 4. The second kappa shape index (κ2) is 10.9. The van der Waals surface area contributed by atoms with Crippen LogP contribution in [-0.2, 0) is 37.4 Å².